The van der Waals surface area contributed by atoms with Crippen LogP contribution in [0, 0.1) is 0 Å². The van der Waals surface area contributed by atoms with Gasteiger partial charge in [0, 0.05) is 28.6 Å². The predicted molar refractivity (Wildman–Crippen MR) is 106 cm³/mol. The Hall–Kier alpha value is -3.88. The molecule has 6 nitrogen and oxygen atoms in total. The number of ether oxygens (including phenoxy) is 1. The van der Waals surface area contributed by atoms with E-state index >= 15 is 0 Å². The number of methoxy groups -OCH3 is 1. The van der Waals surface area contributed by atoms with Gasteiger partial charge in [-0.3, -0.25) is 14.3 Å². The van der Waals surface area contributed by atoms with Gasteiger partial charge in [0.2, 0.25) is 0 Å². The lowest BCUT2D eigenvalue weighted by molar-refractivity contribution is -0.137. The van der Waals surface area contributed by atoms with E-state index in [2.05, 4.69) is 9.72 Å². The van der Waals surface area contributed by atoms with Crippen LogP contribution in [0.2, 0.25) is 0 Å². The number of hydrogen-bond acceptors (Lipinski definition) is 5. The maximum atomic E-state index is 13.4. The van der Waals surface area contributed by atoms with Crippen LogP contribution in [0.5, 0.6) is 0 Å². The van der Waals surface area contributed by atoms with Crippen LogP contribution in [0.15, 0.2) is 59.7 Å². The number of aromatic nitrogens is 2. The standard InChI is InChI=1S/C21H14F3N3O3/c1-30-20(29)17-18(25)14-6-5-12(21(22,23)24)9-16(14)27(19(17)28)15-4-2-3-11-10-26-8-7-13(11)15/h2-10H,25H2,1H3. The maximum absolute atomic E-state index is 13.4. The Bertz CT molecular complexity index is 1370. The highest BCUT2D eigenvalue weighted by Gasteiger charge is 2.32. The van der Waals surface area contributed by atoms with E-state index < -0.39 is 28.8 Å². The van der Waals surface area contributed by atoms with Crippen LogP contribution < -0.4 is 11.3 Å². The molecular formula is C21H14F3N3O3. The number of carbonyl (C=O) groups excluding carboxylic acids is 1. The smallest absolute Gasteiger partial charge is 0.416 e. The number of fused-ring (bicyclic) bond motifs is 2. The summed E-state index contributed by atoms with van der Waals surface area (Å²) < 4.78 is 45.8. The highest BCUT2D eigenvalue weighted by Crippen LogP contribution is 2.34. The zero-order valence-electron chi connectivity index (χ0n) is 15.5. The van der Waals surface area contributed by atoms with Gasteiger partial charge in [0.15, 0.2) is 0 Å². The second-order valence-electron chi connectivity index (χ2n) is 6.52. The molecule has 2 N–H and O–H groups in total. The van der Waals surface area contributed by atoms with E-state index in [0.29, 0.717) is 10.8 Å². The van der Waals surface area contributed by atoms with E-state index in [0.717, 1.165) is 29.9 Å². The molecule has 4 rings (SSSR count). The number of nitrogen functional groups attached to an aromatic ring is 1. The molecule has 0 fully saturated rings. The van der Waals surface area contributed by atoms with E-state index in [1.165, 1.54) is 6.20 Å². The van der Waals surface area contributed by atoms with Crippen LogP contribution in [0.3, 0.4) is 0 Å². The van der Waals surface area contributed by atoms with Gasteiger partial charge < -0.3 is 10.5 Å². The summed E-state index contributed by atoms with van der Waals surface area (Å²) in [4.78, 5) is 29.6. The second kappa shape index (κ2) is 6.87. The van der Waals surface area contributed by atoms with Crippen molar-refractivity contribution in [2.45, 2.75) is 6.18 Å². The summed E-state index contributed by atoms with van der Waals surface area (Å²) in [6.45, 7) is 0. The van der Waals surface area contributed by atoms with Gasteiger partial charge in [-0.2, -0.15) is 13.2 Å². The molecule has 0 unspecified atom stereocenters. The summed E-state index contributed by atoms with van der Waals surface area (Å²) in [7, 11) is 1.09. The molecule has 0 atom stereocenters. The summed E-state index contributed by atoms with van der Waals surface area (Å²) in [5.74, 6) is -0.977. The number of anilines is 1. The minimum Gasteiger partial charge on any atom is -0.465 e. The molecule has 4 aromatic rings. The fraction of sp³-hybridized carbons (Fsp3) is 0.0952. The van der Waals surface area contributed by atoms with Gasteiger partial charge in [0.1, 0.15) is 5.56 Å². The van der Waals surface area contributed by atoms with E-state index in [4.69, 9.17) is 5.73 Å². The van der Waals surface area contributed by atoms with Crippen molar-refractivity contribution in [2.75, 3.05) is 12.8 Å². The number of carbonyl (C=O) groups is 1. The summed E-state index contributed by atoms with van der Waals surface area (Å²) >= 11 is 0. The fourth-order valence-electron chi connectivity index (χ4n) is 3.43. The van der Waals surface area contributed by atoms with Crippen molar-refractivity contribution in [3.63, 3.8) is 0 Å². The van der Waals surface area contributed by atoms with Crippen molar-refractivity contribution in [1.29, 1.82) is 0 Å². The Morgan fingerprint density at radius 3 is 2.60 bits per heavy atom. The molecule has 2 aromatic heterocycles. The molecule has 0 aliphatic rings. The van der Waals surface area contributed by atoms with Crippen LogP contribution in [-0.2, 0) is 10.9 Å². The van der Waals surface area contributed by atoms with Gasteiger partial charge in [0.25, 0.3) is 5.56 Å². The lowest BCUT2D eigenvalue weighted by Gasteiger charge is -2.18. The quantitative estimate of drug-likeness (QED) is 0.503. The van der Waals surface area contributed by atoms with Gasteiger partial charge in [-0.1, -0.05) is 18.2 Å². The SMILES string of the molecule is COC(=O)c1c(N)c2ccc(C(F)(F)F)cc2n(-c2cccc3cnccc23)c1=O. The zero-order valence-corrected chi connectivity index (χ0v) is 15.5. The molecule has 0 bridgehead atoms. The monoisotopic (exact) mass is 413 g/mol. The molecule has 0 radical (unpaired) electrons. The molecule has 30 heavy (non-hydrogen) atoms. The van der Waals surface area contributed by atoms with Crippen molar-refractivity contribution < 1.29 is 22.7 Å². The van der Waals surface area contributed by atoms with E-state index in [9.17, 15) is 22.8 Å². The minimum absolute atomic E-state index is 0.0794. The van der Waals surface area contributed by atoms with Gasteiger partial charge in [-0.05, 0) is 24.3 Å². The van der Waals surface area contributed by atoms with Crippen LogP contribution in [0.25, 0.3) is 27.4 Å². The number of nitrogens with two attached hydrogens (primary N) is 1. The Morgan fingerprint density at radius 2 is 1.90 bits per heavy atom. The lowest BCUT2D eigenvalue weighted by Crippen LogP contribution is -2.28. The first-order chi connectivity index (χ1) is 14.2. The number of benzene rings is 2. The molecule has 0 aliphatic carbocycles. The Kier molecular flexibility index (Phi) is 4.45. The minimum atomic E-state index is -4.63. The number of halogens is 3. The molecule has 152 valence electrons. The summed E-state index contributed by atoms with van der Waals surface area (Å²) in [6, 6.07) is 9.42. The van der Waals surface area contributed by atoms with Gasteiger partial charge in [-0.15, -0.1) is 0 Å². The van der Waals surface area contributed by atoms with Crippen LogP contribution >= 0.6 is 0 Å². The third kappa shape index (κ3) is 2.95. The first kappa shape index (κ1) is 19.4. The summed E-state index contributed by atoms with van der Waals surface area (Å²) in [6.07, 6.45) is -1.57. The van der Waals surface area contributed by atoms with Gasteiger partial charge in [-0.25, -0.2) is 4.79 Å². The number of rotatable bonds is 2. The third-order valence-electron chi connectivity index (χ3n) is 4.83. The van der Waals surface area contributed by atoms with Crippen molar-refractivity contribution in [2.24, 2.45) is 0 Å². The number of alkyl halides is 3. The Morgan fingerprint density at radius 1 is 1.13 bits per heavy atom. The zero-order chi connectivity index (χ0) is 21.6. The number of pyridine rings is 2. The molecule has 0 amide bonds. The first-order valence-electron chi connectivity index (χ1n) is 8.71. The predicted octanol–water partition coefficient (Wildman–Crippen LogP) is 3.93. The number of nitrogens with zero attached hydrogens (tertiary/aromatic N) is 2. The Balaban J connectivity index is 2.23. The average molecular weight is 413 g/mol. The van der Waals surface area contributed by atoms with Crippen LogP contribution in [0.1, 0.15) is 15.9 Å². The molecule has 0 saturated heterocycles. The second-order valence-corrected chi connectivity index (χ2v) is 6.52. The van der Waals surface area contributed by atoms with Crippen molar-refractivity contribution in [1.82, 2.24) is 9.55 Å². The maximum Gasteiger partial charge on any atom is 0.416 e. The van der Waals surface area contributed by atoms with Crippen molar-refractivity contribution in [3.05, 3.63) is 76.3 Å². The largest absolute Gasteiger partial charge is 0.465 e. The first-order valence-corrected chi connectivity index (χ1v) is 8.71. The third-order valence-corrected chi connectivity index (χ3v) is 4.83. The fourth-order valence-corrected chi connectivity index (χ4v) is 3.43. The highest BCUT2D eigenvalue weighted by atomic mass is 19.4. The van der Waals surface area contributed by atoms with Crippen LogP contribution in [0.4, 0.5) is 18.9 Å². The van der Waals surface area contributed by atoms with Gasteiger partial charge >= 0.3 is 12.1 Å². The van der Waals surface area contributed by atoms with E-state index in [1.807, 2.05) is 0 Å². The molecule has 2 heterocycles. The van der Waals surface area contributed by atoms with E-state index in [-0.39, 0.29) is 22.3 Å². The molecule has 9 heteroatoms. The topological polar surface area (TPSA) is 87.2 Å². The van der Waals surface area contributed by atoms with E-state index in [1.54, 1.807) is 30.5 Å². The Labute approximate surface area is 167 Å². The van der Waals surface area contributed by atoms with Crippen molar-refractivity contribution >= 4 is 33.3 Å². The molecule has 0 aliphatic heterocycles. The normalized spacial score (nSPS) is 11.7. The molecular weight excluding hydrogens is 399 g/mol. The molecule has 0 saturated carbocycles. The highest BCUT2D eigenvalue weighted by molar-refractivity contribution is 6.05. The molecule has 2 aromatic carbocycles. The average Bonchev–Trinajstić information content (AvgIpc) is 2.72. The number of hydrogen-bond donors (Lipinski definition) is 1. The molecule has 0 spiro atoms. The summed E-state index contributed by atoms with van der Waals surface area (Å²) in [5.41, 5.74) is 3.70. The summed E-state index contributed by atoms with van der Waals surface area (Å²) in [5, 5.41) is 1.35. The van der Waals surface area contributed by atoms with Gasteiger partial charge in [0.05, 0.1) is 29.6 Å². The van der Waals surface area contributed by atoms with Crippen LogP contribution in [-0.4, -0.2) is 22.6 Å². The van der Waals surface area contributed by atoms with Crippen molar-refractivity contribution in [3.8, 4) is 5.69 Å². The lowest BCUT2D eigenvalue weighted by atomic mass is 10.0. The number of esters is 1.